The van der Waals surface area contributed by atoms with Crippen LogP contribution < -0.4 is 19.9 Å². The van der Waals surface area contributed by atoms with E-state index in [0.717, 1.165) is 10.8 Å². The number of hydrogen-bond donors (Lipinski definition) is 1. The third kappa shape index (κ3) is 3.92. The van der Waals surface area contributed by atoms with Crippen molar-refractivity contribution >= 4 is 22.6 Å². The van der Waals surface area contributed by atoms with Gasteiger partial charge in [-0.25, -0.2) is 4.79 Å². The fourth-order valence-electron chi connectivity index (χ4n) is 2.47. The maximum absolute atomic E-state index is 12.1. The summed E-state index contributed by atoms with van der Waals surface area (Å²) in [5, 5.41) is 2.08. The quantitative estimate of drug-likeness (QED) is 0.545. The molecule has 0 unspecified atom stereocenters. The van der Waals surface area contributed by atoms with E-state index in [1.807, 2.05) is 36.4 Å². The maximum Gasteiger partial charge on any atom is 0.349 e. The molecule has 1 amide bonds. The summed E-state index contributed by atoms with van der Waals surface area (Å²) < 4.78 is 15.8. The van der Waals surface area contributed by atoms with Gasteiger partial charge in [0.25, 0.3) is 5.91 Å². The van der Waals surface area contributed by atoms with E-state index in [1.54, 1.807) is 12.1 Å². The number of rotatable bonds is 6. The van der Waals surface area contributed by atoms with E-state index in [0.29, 0.717) is 11.5 Å². The third-order valence-electron chi connectivity index (χ3n) is 3.76. The third-order valence-corrected chi connectivity index (χ3v) is 3.76. The number of esters is 1. The molecule has 3 rings (SSSR count). The summed E-state index contributed by atoms with van der Waals surface area (Å²) >= 11 is 0. The van der Waals surface area contributed by atoms with Gasteiger partial charge >= 0.3 is 5.97 Å². The molecule has 6 heteroatoms. The van der Waals surface area contributed by atoms with Crippen molar-refractivity contribution < 1.29 is 23.8 Å². The smallest absolute Gasteiger partial charge is 0.349 e. The van der Waals surface area contributed by atoms with Crippen LogP contribution in [0, 0.1) is 0 Å². The maximum atomic E-state index is 12.1. The van der Waals surface area contributed by atoms with Crippen molar-refractivity contribution in [3.63, 3.8) is 0 Å². The van der Waals surface area contributed by atoms with Crippen LogP contribution in [-0.2, 0) is 4.79 Å². The van der Waals surface area contributed by atoms with E-state index in [4.69, 9.17) is 19.9 Å². The van der Waals surface area contributed by atoms with Crippen LogP contribution in [0.2, 0.25) is 0 Å². The van der Waals surface area contributed by atoms with Crippen molar-refractivity contribution in [2.24, 2.45) is 5.73 Å². The van der Waals surface area contributed by atoms with E-state index >= 15 is 0 Å². The second-order valence-electron chi connectivity index (χ2n) is 5.50. The van der Waals surface area contributed by atoms with Crippen LogP contribution >= 0.6 is 0 Å². The molecule has 0 aliphatic rings. The molecule has 0 saturated heterocycles. The first kappa shape index (κ1) is 17.3. The minimum absolute atomic E-state index is 0.0314. The van der Waals surface area contributed by atoms with Crippen LogP contribution in [0.3, 0.4) is 0 Å². The largest absolute Gasteiger partial charge is 0.497 e. The lowest BCUT2D eigenvalue weighted by atomic mass is 10.1. The summed E-state index contributed by atoms with van der Waals surface area (Å²) in [5.41, 5.74) is 5.39. The average molecular weight is 351 g/mol. The number of benzene rings is 3. The van der Waals surface area contributed by atoms with E-state index < -0.39 is 11.9 Å². The Morgan fingerprint density at radius 1 is 0.923 bits per heavy atom. The van der Waals surface area contributed by atoms with Crippen molar-refractivity contribution in [1.82, 2.24) is 0 Å². The summed E-state index contributed by atoms with van der Waals surface area (Å²) in [4.78, 5) is 23.5. The molecule has 0 heterocycles. The normalized spacial score (nSPS) is 10.3. The minimum Gasteiger partial charge on any atom is -0.497 e. The second kappa shape index (κ2) is 7.57. The van der Waals surface area contributed by atoms with Crippen molar-refractivity contribution in [3.05, 3.63) is 66.2 Å². The number of hydrogen-bond acceptors (Lipinski definition) is 5. The van der Waals surface area contributed by atoms with Gasteiger partial charge in [-0.15, -0.1) is 0 Å². The van der Waals surface area contributed by atoms with Gasteiger partial charge in [-0.3, -0.25) is 4.79 Å². The van der Waals surface area contributed by atoms with Crippen LogP contribution in [0.1, 0.15) is 10.4 Å². The number of primary amides is 1. The number of fused-ring (bicyclic) bond motifs is 1. The Hall–Kier alpha value is -3.54. The molecule has 6 nitrogen and oxygen atoms in total. The molecule has 0 fully saturated rings. The average Bonchev–Trinajstić information content (AvgIpc) is 2.66. The zero-order valence-corrected chi connectivity index (χ0v) is 14.1. The van der Waals surface area contributed by atoms with Crippen LogP contribution in [0.4, 0.5) is 0 Å². The van der Waals surface area contributed by atoms with Gasteiger partial charge in [0.1, 0.15) is 17.2 Å². The fraction of sp³-hybridized carbons (Fsp3) is 0.100. The van der Waals surface area contributed by atoms with Crippen LogP contribution in [0.25, 0.3) is 10.8 Å². The summed E-state index contributed by atoms with van der Waals surface area (Å²) in [6, 6.07) is 17.8. The zero-order valence-electron chi connectivity index (χ0n) is 14.1. The Bertz CT molecular complexity index is 967. The molecule has 0 radical (unpaired) electrons. The topological polar surface area (TPSA) is 87.9 Å². The Morgan fingerprint density at radius 2 is 1.65 bits per heavy atom. The lowest BCUT2D eigenvalue weighted by Gasteiger charge is -2.11. The molecule has 3 aromatic rings. The molecule has 0 aromatic heterocycles. The Balaban J connectivity index is 1.69. The van der Waals surface area contributed by atoms with Gasteiger partial charge in [0.05, 0.1) is 12.7 Å². The molecule has 0 aliphatic heterocycles. The molecule has 0 aliphatic carbocycles. The molecule has 132 valence electrons. The van der Waals surface area contributed by atoms with Gasteiger partial charge in [0.15, 0.2) is 6.61 Å². The van der Waals surface area contributed by atoms with E-state index in [1.165, 1.54) is 19.2 Å². The first-order valence-electron chi connectivity index (χ1n) is 7.87. The number of methoxy groups -OCH3 is 1. The number of nitrogens with two attached hydrogens (primary N) is 1. The zero-order chi connectivity index (χ0) is 18.5. The van der Waals surface area contributed by atoms with E-state index in [9.17, 15) is 9.59 Å². The predicted molar refractivity (Wildman–Crippen MR) is 96.6 cm³/mol. The molecular formula is C20H17NO5. The summed E-state index contributed by atoms with van der Waals surface area (Å²) in [6.45, 7) is -0.312. The Morgan fingerprint density at radius 3 is 2.38 bits per heavy atom. The Kier molecular flexibility index (Phi) is 5.03. The molecule has 0 spiro atoms. The number of ether oxygens (including phenoxy) is 3. The monoisotopic (exact) mass is 351 g/mol. The Labute approximate surface area is 150 Å². The summed E-state index contributed by atoms with van der Waals surface area (Å²) in [7, 11) is 1.47. The minimum atomic E-state index is -0.703. The first-order valence-corrected chi connectivity index (χ1v) is 7.87. The van der Waals surface area contributed by atoms with Gasteiger partial charge in [0.2, 0.25) is 0 Å². The molecule has 0 bridgehead atoms. The SMILES string of the molecule is COc1ccc(C(N)=O)c(OC(=O)COc2ccc3ccccc3c2)c1. The highest BCUT2D eigenvalue weighted by molar-refractivity contribution is 5.96. The summed E-state index contributed by atoms with van der Waals surface area (Å²) in [5.74, 6) is -0.349. The van der Waals surface area contributed by atoms with Gasteiger partial charge in [-0.2, -0.15) is 0 Å². The van der Waals surface area contributed by atoms with Crippen molar-refractivity contribution in [1.29, 1.82) is 0 Å². The van der Waals surface area contributed by atoms with Crippen LogP contribution in [0.15, 0.2) is 60.7 Å². The van der Waals surface area contributed by atoms with Crippen LogP contribution in [0.5, 0.6) is 17.2 Å². The lowest BCUT2D eigenvalue weighted by molar-refractivity contribution is -0.136. The highest BCUT2D eigenvalue weighted by atomic mass is 16.6. The van der Waals surface area contributed by atoms with Gasteiger partial charge < -0.3 is 19.9 Å². The van der Waals surface area contributed by atoms with Crippen molar-refractivity contribution in [2.45, 2.75) is 0 Å². The van der Waals surface area contributed by atoms with E-state index in [2.05, 4.69) is 0 Å². The molecule has 0 saturated carbocycles. The van der Waals surface area contributed by atoms with Crippen molar-refractivity contribution in [2.75, 3.05) is 13.7 Å². The first-order chi connectivity index (χ1) is 12.6. The lowest BCUT2D eigenvalue weighted by Crippen LogP contribution is -2.20. The highest BCUT2D eigenvalue weighted by Gasteiger charge is 2.15. The molecule has 0 atom stereocenters. The highest BCUT2D eigenvalue weighted by Crippen LogP contribution is 2.25. The van der Waals surface area contributed by atoms with Gasteiger partial charge in [0, 0.05) is 6.07 Å². The number of carbonyl (C=O) groups excluding carboxylic acids is 2. The van der Waals surface area contributed by atoms with Crippen LogP contribution in [-0.4, -0.2) is 25.6 Å². The van der Waals surface area contributed by atoms with Crippen molar-refractivity contribution in [3.8, 4) is 17.2 Å². The van der Waals surface area contributed by atoms with E-state index in [-0.39, 0.29) is 17.9 Å². The fourth-order valence-corrected chi connectivity index (χ4v) is 2.47. The predicted octanol–water partition coefficient (Wildman–Crippen LogP) is 2.93. The molecule has 2 N–H and O–H groups in total. The van der Waals surface area contributed by atoms with Gasteiger partial charge in [-0.1, -0.05) is 30.3 Å². The summed E-state index contributed by atoms with van der Waals surface area (Å²) in [6.07, 6.45) is 0. The number of carbonyl (C=O) groups is 2. The molecule has 26 heavy (non-hydrogen) atoms. The second-order valence-corrected chi connectivity index (χ2v) is 5.50. The standard InChI is InChI=1S/C20H17NO5/c1-24-15-8-9-17(20(21)23)18(11-15)26-19(22)12-25-16-7-6-13-4-2-3-5-14(13)10-16/h2-11H,12H2,1H3,(H2,21,23). The number of amides is 1. The van der Waals surface area contributed by atoms with Gasteiger partial charge in [-0.05, 0) is 35.0 Å². The molecule has 3 aromatic carbocycles. The molecular weight excluding hydrogens is 334 g/mol.